The maximum Gasteiger partial charge on any atom is 0.255 e. The van der Waals surface area contributed by atoms with Crippen LogP contribution in [0.15, 0.2) is 71.6 Å². The quantitative estimate of drug-likeness (QED) is 0.423. The number of hydrogen-bond donors (Lipinski definition) is 1. The Morgan fingerprint density at radius 1 is 1.00 bits per heavy atom. The van der Waals surface area contributed by atoms with Gasteiger partial charge in [-0.25, -0.2) is 0 Å². The summed E-state index contributed by atoms with van der Waals surface area (Å²) in [5.41, 5.74) is 3.31. The number of thioether (sulfide) groups is 1. The largest absolute Gasteiger partial charge is 0.457 e. The van der Waals surface area contributed by atoms with Crippen LogP contribution in [0.25, 0.3) is 0 Å². The lowest BCUT2D eigenvalue weighted by atomic mass is 10.1. The maximum absolute atomic E-state index is 12.4. The molecular formula is C25H27NO3S. The molecule has 0 aromatic heterocycles. The van der Waals surface area contributed by atoms with Crippen LogP contribution in [0.1, 0.15) is 28.4 Å². The molecule has 0 spiro atoms. The molecule has 1 amide bonds. The van der Waals surface area contributed by atoms with Gasteiger partial charge in [-0.05, 0) is 73.5 Å². The molecule has 5 heteroatoms. The summed E-state index contributed by atoms with van der Waals surface area (Å²) in [4.78, 5) is 13.6. The highest BCUT2D eigenvalue weighted by molar-refractivity contribution is 8.00. The number of aryl methyl sites for hydroxylation is 2. The number of nitrogens with one attached hydrogen (secondary N) is 1. The normalized spacial score (nSPS) is 11.7. The predicted octanol–water partition coefficient (Wildman–Crippen LogP) is 6.48. The van der Waals surface area contributed by atoms with Crippen molar-refractivity contribution in [3.05, 3.63) is 83.4 Å². The summed E-state index contributed by atoms with van der Waals surface area (Å²) in [7, 11) is 1.72. The van der Waals surface area contributed by atoms with Gasteiger partial charge in [0.05, 0.1) is 6.61 Å². The first-order valence-corrected chi connectivity index (χ1v) is 10.8. The molecule has 0 aliphatic heterocycles. The molecule has 0 fully saturated rings. The Kier molecular flexibility index (Phi) is 7.55. The molecule has 0 aliphatic carbocycles. The van der Waals surface area contributed by atoms with Gasteiger partial charge in [0, 0.05) is 28.5 Å². The monoisotopic (exact) mass is 421 g/mol. The van der Waals surface area contributed by atoms with E-state index in [-0.39, 0.29) is 5.91 Å². The number of ether oxygens (including phenoxy) is 2. The van der Waals surface area contributed by atoms with Gasteiger partial charge in [0.1, 0.15) is 11.5 Å². The first kappa shape index (κ1) is 21.9. The van der Waals surface area contributed by atoms with Crippen LogP contribution in [-0.2, 0) is 4.74 Å². The maximum atomic E-state index is 12.4. The van der Waals surface area contributed by atoms with Crippen LogP contribution in [0.3, 0.4) is 0 Å². The van der Waals surface area contributed by atoms with Crippen molar-refractivity contribution in [3.8, 4) is 11.5 Å². The van der Waals surface area contributed by atoms with Crippen LogP contribution >= 0.6 is 11.8 Å². The Balaban J connectivity index is 1.69. The molecule has 0 saturated heterocycles. The van der Waals surface area contributed by atoms with Crippen LogP contribution in [0, 0.1) is 13.8 Å². The summed E-state index contributed by atoms with van der Waals surface area (Å²) >= 11 is 1.77. The average molecular weight is 422 g/mol. The third-order valence-electron chi connectivity index (χ3n) is 4.54. The van der Waals surface area contributed by atoms with Crippen LogP contribution < -0.4 is 10.1 Å². The summed E-state index contributed by atoms with van der Waals surface area (Å²) in [5.74, 6) is 1.46. The van der Waals surface area contributed by atoms with Crippen LogP contribution in [0.5, 0.6) is 11.5 Å². The van der Waals surface area contributed by atoms with Crippen molar-refractivity contribution in [2.75, 3.05) is 19.0 Å². The molecule has 0 saturated carbocycles. The molecule has 3 aromatic rings. The number of methoxy groups -OCH3 is 1. The predicted molar refractivity (Wildman–Crippen MR) is 124 cm³/mol. The van der Waals surface area contributed by atoms with E-state index in [0.29, 0.717) is 17.4 Å². The first-order valence-electron chi connectivity index (χ1n) is 9.87. The molecule has 30 heavy (non-hydrogen) atoms. The summed E-state index contributed by atoms with van der Waals surface area (Å²) in [6.07, 6.45) is 0. The minimum Gasteiger partial charge on any atom is -0.457 e. The minimum atomic E-state index is -0.126. The Labute approximate surface area is 182 Å². The van der Waals surface area contributed by atoms with Crippen molar-refractivity contribution in [3.63, 3.8) is 0 Å². The van der Waals surface area contributed by atoms with E-state index in [1.54, 1.807) is 31.0 Å². The number of hydrogen-bond acceptors (Lipinski definition) is 4. The SMILES string of the molecule is COCC(C)Sc1ccc(Oc2c(C)cc(NC(=O)c3ccccc3)cc2C)cc1. The zero-order valence-electron chi connectivity index (χ0n) is 17.8. The standard InChI is InChI=1S/C25H27NO3S/c1-17-14-21(26-25(27)20-8-6-5-7-9-20)15-18(2)24(17)29-22-10-12-23(13-11-22)30-19(3)16-28-4/h5-15,19H,16H2,1-4H3,(H,26,27). The van der Waals surface area contributed by atoms with Gasteiger partial charge in [0.2, 0.25) is 0 Å². The number of amides is 1. The van der Waals surface area contributed by atoms with Gasteiger partial charge < -0.3 is 14.8 Å². The molecule has 4 nitrogen and oxygen atoms in total. The number of anilines is 1. The van der Waals surface area contributed by atoms with Crippen molar-refractivity contribution in [1.29, 1.82) is 0 Å². The Bertz CT molecular complexity index is 964. The topological polar surface area (TPSA) is 47.6 Å². The fourth-order valence-electron chi connectivity index (χ4n) is 3.18. The lowest BCUT2D eigenvalue weighted by Crippen LogP contribution is -2.12. The highest BCUT2D eigenvalue weighted by Crippen LogP contribution is 2.33. The van der Waals surface area contributed by atoms with E-state index in [0.717, 1.165) is 28.3 Å². The van der Waals surface area contributed by atoms with Gasteiger partial charge in [-0.15, -0.1) is 11.8 Å². The molecule has 0 bridgehead atoms. The molecule has 156 valence electrons. The summed E-state index contributed by atoms with van der Waals surface area (Å²) in [5, 5.41) is 3.35. The number of carbonyl (C=O) groups excluding carboxylic acids is 1. The van der Waals surface area contributed by atoms with Crippen molar-refractivity contribution in [1.82, 2.24) is 0 Å². The second kappa shape index (κ2) is 10.3. The van der Waals surface area contributed by atoms with Gasteiger partial charge in [-0.2, -0.15) is 0 Å². The lowest BCUT2D eigenvalue weighted by molar-refractivity contribution is 0.102. The zero-order chi connectivity index (χ0) is 21.5. The van der Waals surface area contributed by atoms with E-state index in [2.05, 4.69) is 24.4 Å². The third kappa shape index (κ3) is 5.88. The third-order valence-corrected chi connectivity index (χ3v) is 5.62. The molecule has 0 aliphatic rings. The molecule has 3 aromatic carbocycles. The van der Waals surface area contributed by atoms with Gasteiger partial charge >= 0.3 is 0 Å². The Hall–Kier alpha value is -2.76. The van der Waals surface area contributed by atoms with E-state index in [4.69, 9.17) is 9.47 Å². The summed E-state index contributed by atoms with van der Waals surface area (Å²) in [6, 6.07) is 21.1. The number of benzene rings is 3. The fraction of sp³-hybridized carbons (Fsp3) is 0.240. The summed E-state index contributed by atoms with van der Waals surface area (Å²) < 4.78 is 11.3. The summed E-state index contributed by atoms with van der Waals surface area (Å²) in [6.45, 7) is 6.83. The Morgan fingerprint density at radius 3 is 2.23 bits per heavy atom. The van der Waals surface area contributed by atoms with Crippen LogP contribution in [0.2, 0.25) is 0 Å². The van der Waals surface area contributed by atoms with Gasteiger partial charge in [-0.3, -0.25) is 4.79 Å². The minimum absolute atomic E-state index is 0.126. The van der Waals surface area contributed by atoms with E-state index >= 15 is 0 Å². The number of rotatable bonds is 8. The van der Waals surface area contributed by atoms with E-state index in [9.17, 15) is 4.79 Å². The highest BCUT2D eigenvalue weighted by Gasteiger charge is 2.11. The van der Waals surface area contributed by atoms with E-state index < -0.39 is 0 Å². The van der Waals surface area contributed by atoms with Crippen LogP contribution in [-0.4, -0.2) is 24.9 Å². The average Bonchev–Trinajstić information content (AvgIpc) is 2.73. The molecular weight excluding hydrogens is 394 g/mol. The van der Waals surface area contributed by atoms with Crippen LogP contribution in [0.4, 0.5) is 5.69 Å². The second-order valence-electron chi connectivity index (χ2n) is 7.22. The molecule has 1 unspecified atom stereocenters. The second-order valence-corrected chi connectivity index (χ2v) is 8.73. The lowest BCUT2D eigenvalue weighted by Gasteiger charge is -2.15. The number of carbonyl (C=O) groups is 1. The first-order chi connectivity index (χ1) is 14.5. The molecule has 3 rings (SSSR count). The van der Waals surface area contributed by atoms with E-state index in [1.165, 1.54) is 4.90 Å². The molecule has 1 N–H and O–H groups in total. The van der Waals surface area contributed by atoms with Crippen molar-refractivity contribution < 1.29 is 14.3 Å². The fourth-order valence-corrected chi connectivity index (χ4v) is 4.14. The van der Waals surface area contributed by atoms with Crippen molar-refractivity contribution >= 4 is 23.4 Å². The van der Waals surface area contributed by atoms with Crippen molar-refractivity contribution in [2.45, 2.75) is 30.9 Å². The molecule has 0 radical (unpaired) electrons. The van der Waals surface area contributed by atoms with Crippen molar-refractivity contribution in [2.24, 2.45) is 0 Å². The van der Waals surface area contributed by atoms with E-state index in [1.807, 2.05) is 56.3 Å². The van der Waals surface area contributed by atoms with Gasteiger partial charge in [0.25, 0.3) is 5.91 Å². The molecule has 1 atom stereocenters. The zero-order valence-corrected chi connectivity index (χ0v) is 18.6. The van der Waals surface area contributed by atoms with Gasteiger partial charge in [-0.1, -0.05) is 25.1 Å². The molecule has 0 heterocycles. The highest BCUT2D eigenvalue weighted by atomic mass is 32.2. The smallest absolute Gasteiger partial charge is 0.255 e. The van der Waals surface area contributed by atoms with Gasteiger partial charge in [0.15, 0.2) is 0 Å². The Morgan fingerprint density at radius 2 is 1.63 bits per heavy atom.